The van der Waals surface area contributed by atoms with Gasteiger partial charge in [0.05, 0.1) is 0 Å². The first kappa shape index (κ1) is 9.57. The smallest absolute Gasteiger partial charge is 0.259 e. The molecule has 0 aromatic heterocycles. The van der Waals surface area contributed by atoms with E-state index < -0.39 is 11.3 Å². The van der Waals surface area contributed by atoms with E-state index in [0.29, 0.717) is 5.69 Å². The van der Waals surface area contributed by atoms with E-state index in [9.17, 15) is 4.21 Å². The van der Waals surface area contributed by atoms with Crippen molar-refractivity contribution in [2.75, 3.05) is 11.0 Å². The van der Waals surface area contributed by atoms with Gasteiger partial charge >= 0.3 is 0 Å². The van der Waals surface area contributed by atoms with E-state index in [-0.39, 0.29) is 0 Å². The van der Waals surface area contributed by atoms with Crippen molar-refractivity contribution in [1.29, 1.82) is 0 Å². The highest BCUT2D eigenvalue weighted by Gasteiger charge is 1.94. The first-order valence-electron chi connectivity index (χ1n) is 3.24. The fraction of sp³-hybridized carbons (Fsp3) is 0.143. The van der Waals surface area contributed by atoms with Crippen LogP contribution in [0.15, 0.2) is 29.2 Å². The monoisotopic (exact) mass is 203 g/mol. The predicted octanol–water partition coefficient (Wildman–Crippen LogP) is 1.96. The molecule has 0 amide bonds. The molecule has 1 rings (SSSR count). The zero-order valence-electron chi connectivity index (χ0n) is 6.48. The van der Waals surface area contributed by atoms with Crippen LogP contribution in [0.3, 0.4) is 0 Å². The van der Waals surface area contributed by atoms with Crippen LogP contribution < -0.4 is 4.72 Å². The molecule has 0 spiro atoms. The zero-order chi connectivity index (χ0) is 8.97. The number of anilines is 1. The Labute approximate surface area is 78.0 Å². The minimum atomic E-state index is -1.98. The summed E-state index contributed by atoms with van der Waals surface area (Å²) in [4.78, 5) is 1.13. The molecule has 66 valence electrons. The van der Waals surface area contributed by atoms with E-state index in [1.165, 1.54) is 0 Å². The van der Waals surface area contributed by atoms with Crippen LogP contribution in [0.25, 0.3) is 0 Å². The number of nitrogens with one attached hydrogen (secondary N) is 1. The van der Waals surface area contributed by atoms with E-state index in [2.05, 4.69) is 4.72 Å². The summed E-state index contributed by atoms with van der Waals surface area (Å²) in [5.74, 6) is 0. The first-order valence-corrected chi connectivity index (χ1v) is 5.57. The lowest BCUT2D eigenvalue weighted by molar-refractivity contribution is 0.570. The minimum Gasteiger partial charge on any atom is -0.289 e. The quantitative estimate of drug-likeness (QED) is 0.583. The van der Waals surface area contributed by atoms with Gasteiger partial charge in [0.25, 0.3) is 11.3 Å². The zero-order valence-corrected chi connectivity index (χ0v) is 8.11. The van der Waals surface area contributed by atoms with E-state index in [1.54, 1.807) is 23.9 Å². The number of hydrogen-bond acceptors (Lipinski definition) is 2. The Morgan fingerprint density at radius 1 is 1.42 bits per heavy atom. The summed E-state index contributed by atoms with van der Waals surface area (Å²) >= 11 is -0.352. The Morgan fingerprint density at radius 3 is 2.42 bits per heavy atom. The third kappa shape index (κ3) is 2.84. The Kier molecular flexibility index (Phi) is 3.58. The second-order valence-corrected chi connectivity index (χ2v) is 3.66. The molecule has 12 heavy (non-hydrogen) atoms. The molecule has 1 unspecified atom stereocenters. The maximum Gasteiger partial charge on any atom is 0.259 e. The summed E-state index contributed by atoms with van der Waals surface area (Å²) in [6.45, 7) is 0. The topological polar surface area (TPSA) is 49.3 Å². The largest absolute Gasteiger partial charge is 0.289 e. The van der Waals surface area contributed by atoms with Gasteiger partial charge in [0.2, 0.25) is 0 Å². The van der Waals surface area contributed by atoms with Crippen molar-refractivity contribution in [3.8, 4) is 0 Å². The van der Waals surface area contributed by atoms with Crippen molar-refractivity contribution in [2.24, 2.45) is 0 Å². The average Bonchev–Trinajstić information content (AvgIpc) is 2.05. The Hall–Kier alpha value is -0.520. The number of benzene rings is 1. The molecule has 1 atom stereocenters. The summed E-state index contributed by atoms with van der Waals surface area (Å²) in [6, 6.07) is 7.31. The Morgan fingerprint density at radius 2 is 2.00 bits per heavy atom. The number of thioether (sulfide) groups is 1. The third-order valence-corrected chi connectivity index (χ3v) is 2.45. The van der Waals surface area contributed by atoms with Crippen molar-refractivity contribution in [3.63, 3.8) is 0 Å². The maximum absolute atomic E-state index is 10.3. The highest BCUT2D eigenvalue weighted by molar-refractivity contribution is 7.98. The van der Waals surface area contributed by atoms with Crippen LogP contribution in [0.2, 0.25) is 0 Å². The molecule has 0 fully saturated rings. The van der Waals surface area contributed by atoms with Crippen LogP contribution in [0.1, 0.15) is 0 Å². The molecule has 0 aliphatic rings. The molecule has 3 nitrogen and oxygen atoms in total. The summed E-state index contributed by atoms with van der Waals surface area (Å²) in [5, 5.41) is 0. The molecule has 0 heterocycles. The fourth-order valence-electron chi connectivity index (χ4n) is 0.760. The standard InChI is InChI=1S/C7H9NO2S2/c1-11-7-4-2-6(3-5-7)8-12(9)10/h2-5,8H,1H3,(H,9,10). The SMILES string of the molecule is CSc1ccc(NS(=O)O)cc1. The Bertz CT molecular complexity index is 273. The van der Waals surface area contributed by atoms with E-state index in [0.717, 1.165) is 4.90 Å². The van der Waals surface area contributed by atoms with Gasteiger partial charge in [-0.1, -0.05) is 0 Å². The second kappa shape index (κ2) is 4.49. The third-order valence-electron chi connectivity index (χ3n) is 1.30. The molecule has 0 aliphatic heterocycles. The molecule has 5 heteroatoms. The lowest BCUT2D eigenvalue weighted by Crippen LogP contribution is -2.01. The van der Waals surface area contributed by atoms with Gasteiger partial charge in [-0.25, -0.2) is 4.21 Å². The molecular weight excluding hydrogens is 194 g/mol. The lowest BCUT2D eigenvalue weighted by Gasteiger charge is -2.01. The van der Waals surface area contributed by atoms with E-state index in [4.69, 9.17) is 4.55 Å². The number of hydrogen-bond donors (Lipinski definition) is 2. The molecule has 1 aromatic carbocycles. The van der Waals surface area contributed by atoms with Crippen molar-refractivity contribution >= 4 is 28.7 Å². The van der Waals surface area contributed by atoms with Gasteiger partial charge in [-0.3, -0.25) is 9.27 Å². The van der Waals surface area contributed by atoms with Gasteiger partial charge in [0, 0.05) is 10.6 Å². The lowest BCUT2D eigenvalue weighted by atomic mass is 10.3. The van der Waals surface area contributed by atoms with Crippen molar-refractivity contribution in [2.45, 2.75) is 4.90 Å². The predicted molar refractivity (Wildman–Crippen MR) is 52.6 cm³/mol. The molecule has 0 aliphatic carbocycles. The summed E-state index contributed by atoms with van der Waals surface area (Å²) in [7, 11) is 0. The van der Waals surface area contributed by atoms with Gasteiger partial charge < -0.3 is 0 Å². The van der Waals surface area contributed by atoms with Gasteiger partial charge in [-0.2, -0.15) is 0 Å². The average molecular weight is 203 g/mol. The highest BCUT2D eigenvalue weighted by atomic mass is 32.2. The van der Waals surface area contributed by atoms with E-state index in [1.807, 2.05) is 18.4 Å². The second-order valence-electron chi connectivity index (χ2n) is 2.08. The number of rotatable bonds is 3. The van der Waals surface area contributed by atoms with Gasteiger partial charge in [0.15, 0.2) is 0 Å². The van der Waals surface area contributed by atoms with Crippen LogP contribution in [-0.4, -0.2) is 15.0 Å². The summed E-state index contributed by atoms with van der Waals surface area (Å²) in [5.41, 5.74) is 0.647. The van der Waals surface area contributed by atoms with Crippen LogP contribution in [0, 0.1) is 0 Å². The van der Waals surface area contributed by atoms with Crippen molar-refractivity contribution < 1.29 is 8.76 Å². The first-order chi connectivity index (χ1) is 5.72. The van der Waals surface area contributed by atoms with Gasteiger partial charge in [-0.15, -0.1) is 11.8 Å². The minimum absolute atomic E-state index is 0.647. The molecule has 1 aromatic rings. The summed E-state index contributed by atoms with van der Waals surface area (Å²) in [6.07, 6.45) is 1.98. The fourth-order valence-corrected chi connectivity index (χ4v) is 1.51. The van der Waals surface area contributed by atoms with Crippen LogP contribution in [0.4, 0.5) is 5.69 Å². The van der Waals surface area contributed by atoms with Crippen molar-refractivity contribution in [1.82, 2.24) is 0 Å². The van der Waals surface area contributed by atoms with Crippen LogP contribution >= 0.6 is 11.8 Å². The Balaban J connectivity index is 2.71. The maximum atomic E-state index is 10.3. The van der Waals surface area contributed by atoms with Gasteiger partial charge in [-0.05, 0) is 30.5 Å². The normalized spacial score (nSPS) is 12.5. The molecule has 0 saturated heterocycles. The summed E-state index contributed by atoms with van der Waals surface area (Å²) < 4.78 is 21.2. The highest BCUT2D eigenvalue weighted by Crippen LogP contribution is 2.17. The van der Waals surface area contributed by atoms with Gasteiger partial charge in [0.1, 0.15) is 0 Å². The molecular formula is C7H9NO2S2. The van der Waals surface area contributed by atoms with Crippen LogP contribution in [-0.2, 0) is 11.3 Å². The van der Waals surface area contributed by atoms with E-state index >= 15 is 0 Å². The molecule has 0 radical (unpaired) electrons. The molecule has 2 N–H and O–H groups in total. The van der Waals surface area contributed by atoms with Crippen LogP contribution in [0.5, 0.6) is 0 Å². The van der Waals surface area contributed by atoms with Crippen molar-refractivity contribution in [3.05, 3.63) is 24.3 Å². The molecule has 0 saturated carbocycles. The molecule has 0 bridgehead atoms.